The highest BCUT2D eigenvalue weighted by molar-refractivity contribution is 6.33. The molecule has 0 unspecified atom stereocenters. The van der Waals surface area contributed by atoms with Crippen molar-refractivity contribution in [1.82, 2.24) is 25.5 Å². The van der Waals surface area contributed by atoms with E-state index in [0.717, 1.165) is 43.6 Å². The molecule has 5 rings (SSSR count). The molecule has 1 saturated heterocycles. The Hall–Kier alpha value is -3.60. The highest BCUT2D eigenvalue weighted by Gasteiger charge is 2.19. The molecule has 1 aliphatic heterocycles. The van der Waals surface area contributed by atoms with Gasteiger partial charge in [0.2, 0.25) is 5.95 Å². The summed E-state index contributed by atoms with van der Waals surface area (Å²) in [6.07, 6.45) is 16.6. The molecule has 2 aliphatic rings. The molecule has 2 heterocycles. The number of methoxy groups -OCH3 is 1. The summed E-state index contributed by atoms with van der Waals surface area (Å²) in [4.78, 5) is 26.3. The van der Waals surface area contributed by atoms with Crippen molar-refractivity contribution in [2.24, 2.45) is 0 Å². The minimum Gasteiger partial charge on any atom is -0.494 e. The molecular formula is C37H53ClN8O2. The normalized spacial score (nSPS) is 15.7. The SMILES string of the molecule is CNC(=O)c1ccccc1Nc1nc(Nc2ccc(N3CCN(CCCCCCCCNC4CCCCC4)CC3)cc2OC)ncc1Cl. The van der Waals surface area contributed by atoms with Gasteiger partial charge in [-0.25, -0.2) is 4.98 Å². The highest BCUT2D eigenvalue weighted by Crippen LogP contribution is 2.33. The third-order valence-corrected chi connectivity index (χ3v) is 9.78. The Morgan fingerprint density at radius 1 is 0.917 bits per heavy atom. The molecule has 1 amide bonds. The monoisotopic (exact) mass is 676 g/mol. The van der Waals surface area contributed by atoms with E-state index in [0.29, 0.717) is 33.8 Å². The van der Waals surface area contributed by atoms with Gasteiger partial charge in [0.15, 0.2) is 5.82 Å². The maximum Gasteiger partial charge on any atom is 0.253 e. The van der Waals surface area contributed by atoms with Crippen LogP contribution in [0.5, 0.6) is 5.75 Å². The lowest BCUT2D eigenvalue weighted by molar-refractivity contribution is 0.0964. The van der Waals surface area contributed by atoms with Crippen LogP contribution in [0.25, 0.3) is 0 Å². The van der Waals surface area contributed by atoms with Crippen molar-refractivity contribution in [2.75, 3.05) is 69.0 Å². The van der Waals surface area contributed by atoms with E-state index in [9.17, 15) is 4.79 Å². The standard InChI is InChI=1S/C37H53ClN8O2/c1-39-36(47)30-16-10-11-17-32(30)42-35-31(38)27-41-37(44-35)43-33-19-18-29(26-34(33)48-2)46-24-22-45(23-25-46)21-13-6-4-3-5-12-20-40-28-14-8-7-9-15-28/h10-11,16-19,26-28,40H,3-9,12-15,20-25H2,1-2H3,(H,39,47)(H2,41,42,43,44). The fraction of sp³-hybridized carbons (Fsp3) is 0.541. The second-order valence-corrected chi connectivity index (χ2v) is 13.3. The molecule has 11 heteroatoms. The topological polar surface area (TPSA) is 107 Å². The van der Waals surface area contributed by atoms with Gasteiger partial charge < -0.3 is 30.9 Å². The van der Waals surface area contributed by atoms with Crippen molar-refractivity contribution in [2.45, 2.75) is 76.7 Å². The molecule has 2 fully saturated rings. The first-order valence-electron chi connectivity index (χ1n) is 17.8. The Balaban J connectivity index is 1.04. The number of hydrogen-bond donors (Lipinski definition) is 4. The molecule has 3 aromatic rings. The van der Waals surface area contributed by atoms with Gasteiger partial charge in [0.25, 0.3) is 5.91 Å². The Labute approximate surface area is 291 Å². The maximum absolute atomic E-state index is 12.3. The Morgan fingerprint density at radius 2 is 1.67 bits per heavy atom. The number of halogens is 1. The maximum atomic E-state index is 12.3. The van der Waals surface area contributed by atoms with Gasteiger partial charge in [-0.15, -0.1) is 0 Å². The third kappa shape index (κ3) is 10.4. The summed E-state index contributed by atoms with van der Waals surface area (Å²) in [5.41, 5.74) is 2.97. The van der Waals surface area contributed by atoms with E-state index in [2.05, 4.69) is 53.2 Å². The number of nitrogens with zero attached hydrogens (tertiary/aromatic N) is 4. The lowest BCUT2D eigenvalue weighted by atomic mass is 9.95. The molecule has 1 aromatic heterocycles. The number of para-hydroxylation sites is 1. The number of rotatable bonds is 17. The van der Waals surface area contributed by atoms with Crippen LogP contribution in [0.2, 0.25) is 5.02 Å². The predicted molar refractivity (Wildman–Crippen MR) is 198 cm³/mol. The van der Waals surface area contributed by atoms with E-state index in [4.69, 9.17) is 16.3 Å². The lowest BCUT2D eigenvalue weighted by Crippen LogP contribution is -2.46. The first kappa shape index (κ1) is 35.7. The Morgan fingerprint density at radius 3 is 2.44 bits per heavy atom. The summed E-state index contributed by atoms with van der Waals surface area (Å²) < 4.78 is 5.76. The minimum atomic E-state index is -0.207. The summed E-state index contributed by atoms with van der Waals surface area (Å²) in [5, 5.41) is 13.2. The fourth-order valence-corrected chi connectivity index (χ4v) is 6.82. The number of hydrogen-bond acceptors (Lipinski definition) is 9. The molecule has 0 radical (unpaired) electrons. The second-order valence-electron chi connectivity index (χ2n) is 12.9. The number of anilines is 5. The van der Waals surface area contributed by atoms with Gasteiger partial charge in [-0.3, -0.25) is 9.69 Å². The first-order valence-corrected chi connectivity index (χ1v) is 18.2. The quantitative estimate of drug-likeness (QED) is 0.109. The zero-order valence-corrected chi connectivity index (χ0v) is 29.5. The van der Waals surface area contributed by atoms with E-state index < -0.39 is 0 Å². The number of amides is 1. The number of piperazine rings is 1. The predicted octanol–water partition coefficient (Wildman–Crippen LogP) is 7.37. The van der Waals surface area contributed by atoms with Crippen LogP contribution in [-0.4, -0.2) is 80.2 Å². The smallest absolute Gasteiger partial charge is 0.253 e. The number of nitrogens with one attached hydrogen (secondary N) is 4. The molecule has 260 valence electrons. The van der Waals surface area contributed by atoms with Crippen molar-refractivity contribution in [3.8, 4) is 5.75 Å². The average molecular weight is 677 g/mol. The molecule has 48 heavy (non-hydrogen) atoms. The van der Waals surface area contributed by atoms with Crippen LogP contribution in [0.15, 0.2) is 48.7 Å². The summed E-state index contributed by atoms with van der Waals surface area (Å²) in [7, 11) is 3.26. The number of ether oxygens (including phenoxy) is 1. The van der Waals surface area contributed by atoms with Crippen LogP contribution >= 0.6 is 11.6 Å². The number of unbranched alkanes of at least 4 members (excludes halogenated alkanes) is 5. The van der Waals surface area contributed by atoms with Gasteiger partial charge >= 0.3 is 0 Å². The number of carbonyl (C=O) groups excluding carboxylic acids is 1. The number of benzene rings is 2. The van der Waals surface area contributed by atoms with E-state index in [1.165, 1.54) is 89.9 Å². The van der Waals surface area contributed by atoms with E-state index in [-0.39, 0.29) is 5.91 Å². The zero-order chi connectivity index (χ0) is 33.6. The molecule has 2 aromatic carbocycles. The van der Waals surface area contributed by atoms with Crippen molar-refractivity contribution in [3.63, 3.8) is 0 Å². The van der Waals surface area contributed by atoms with Crippen LogP contribution in [-0.2, 0) is 0 Å². The Kier molecular flexibility index (Phi) is 14.0. The summed E-state index contributed by atoms with van der Waals surface area (Å²) >= 11 is 6.42. The lowest BCUT2D eigenvalue weighted by Gasteiger charge is -2.36. The Bertz CT molecular complexity index is 1440. The third-order valence-electron chi connectivity index (χ3n) is 9.50. The fourth-order valence-electron chi connectivity index (χ4n) is 6.68. The largest absolute Gasteiger partial charge is 0.494 e. The van der Waals surface area contributed by atoms with Crippen molar-refractivity contribution in [1.29, 1.82) is 0 Å². The van der Waals surface area contributed by atoms with E-state index >= 15 is 0 Å². The van der Waals surface area contributed by atoms with Gasteiger partial charge in [-0.05, 0) is 63.0 Å². The number of carbonyl (C=O) groups is 1. The number of aromatic nitrogens is 2. The highest BCUT2D eigenvalue weighted by atomic mass is 35.5. The van der Waals surface area contributed by atoms with Gasteiger partial charge in [0.1, 0.15) is 10.8 Å². The summed E-state index contributed by atoms with van der Waals surface area (Å²) in [5.74, 6) is 1.24. The van der Waals surface area contributed by atoms with Gasteiger partial charge in [-0.1, -0.05) is 68.7 Å². The van der Waals surface area contributed by atoms with Gasteiger partial charge in [0, 0.05) is 51.0 Å². The molecular weight excluding hydrogens is 624 g/mol. The van der Waals surface area contributed by atoms with Crippen LogP contribution in [0, 0.1) is 0 Å². The molecule has 4 N–H and O–H groups in total. The second kappa shape index (κ2) is 18.8. The van der Waals surface area contributed by atoms with Crippen molar-refractivity contribution >= 4 is 46.3 Å². The van der Waals surface area contributed by atoms with E-state index in [1.807, 2.05) is 12.1 Å². The van der Waals surface area contributed by atoms with Crippen molar-refractivity contribution in [3.05, 3.63) is 59.2 Å². The van der Waals surface area contributed by atoms with Gasteiger partial charge in [0.05, 0.1) is 30.2 Å². The molecule has 0 bridgehead atoms. The summed E-state index contributed by atoms with van der Waals surface area (Å²) in [6.45, 7) is 6.54. The van der Waals surface area contributed by atoms with E-state index in [1.54, 1.807) is 32.4 Å². The van der Waals surface area contributed by atoms with Crippen LogP contribution in [0.4, 0.5) is 28.8 Å². The average Bonchev–Trinajstić information content (AvgIpc) is 3.13. The van der Waals surface area contributed by atoms with Crippen LogP contribution in [0.1, 0.15) is 81.0 Å². The molecule has 1 aliphatic carbocycles. The summed E-state index contributed by atoms with van der Waals surface area (Å²) in [6, 6.07) is 14.2. The van der Waals surface area contributed by atoms with Crippen molar-refractivity contribution < 1.29 is 9.53 Å². The molecule has 0 atom stereocenters. The minimum absolute atomic E-state index is 0.207. The zero-order valence-electron chi connectivity index (χ0n) is 28.7. The molecule has 0 spiro atoms. The first-order chi connectivity index (χ1) is 23.5. The van der Waals surface area contributed by atoms with Crippen LogP contribution in [0.3, 0.4) is 0 Å². The molecule has 10 nitrogen and oxygen atoms in total. The van der Waals surface area contributed by atoms with Crippen LogP contribution < -0.4 is 30.9 Å². The van der Waals surface area contributed by atoms with Gasteiger partial charge in [-0.2, -0.15) is 4.98 Å². The molecule has 1 saturated carbocycles.